The van der Waals surface area contributed by atoms with Gasteiger partial charge in [0.2, 0.25) is 11.8 Å². The highest BCUT2D eigenvalue weighted by Crippen LogP contribution is 2.26. The summed E-state index contributed by atoms with van der Waals surface area (Å²) in [6.07, 6.45) is 5.99. The highest BCUT2D eigenvalue weighted by atomic mass is 16.5. The second-order valence-electron chi connectivity index (χ2n) is 7.67. The molecule has 30 heavy (non-hydrogen) atoms. The molecule has 1 amide bonds. The number of amides is 1. The average molecular weight is 409 g/mol. The Kier molecular flexibility index (Phi) is 5.78. The van der Waals surface area contributed by atoms with Crippen LogP contribution in [0.4, 0.5) is 5.82 Å². The molecule has 0 saturated carbocycles. The van der Waals surface area contributed by atoms with Crippen LogP contribution in [-0.2, 0) is 4.79 Å². The van der Waals surface area contributed by atoms with Crippen molar-refractivity contribution in [3.05, 3.63) is 24.7 Å². The fraction of sp³-hybridized carbons (Fsp3) is 0.476. The molecule has 9 nitrogen and oxygen atoms in total. The Hall–Kier alpha value is -3.23. The molecule has 4 rings (SSSR count). The first-order valence-corrected chi connectivity index (χ1v) is 10.3. The van der Waals surface area contributed by atoms with E-state index < -0.39 is 0 Å². The van der Waals surface area contributed by atoms with E-state index in [0.717, 1.165) is 42.7 Å². The molecular weight excluding hydrogens is 382 g/mol. The standard InChI is InChI=1S/C21H27N7O2/c1-14(2)28-13-24-18-20(22-9-5-11-27-10-4-6-17(27)29)25-19(26-21(18)28)15-7-8-16(30-3)23-12-15/h7-8,12-14H,4-6,9-11H2,1-3H3,(H,22,25,26). The van der Waals surface area contributed by atoms with E-state index in [-0.39, 0.29) is 11.9 Å². The second-order valence-corrected chi connectivity index (χ2v) is 7.67. The Morgan fingerprint density at radius 3 is 2.77 bits per heavy atom. The van der Waals surface area contributed by atoms with Crippen molar-refractivity contribution in [1.82, 2.24) is 29.4 Å². The molecule has 9 heteroatoms. The summed E-state index contributed by atoms with van der Waals surface area (Å²) in [7, 11) is 1.59. The number of likely N-dealkylation sites (tertiary alicyclic amines) is 1. The lowest BCUT2D eigenvalue weighted by molar-refractivity contribution is -0.127. The number of nitrogens with one attached hydrogen (secondary N) is 1. The van der Waals surface area contributed by atoms with Crippen molar-refractivity contribution in [1.29, 1.82) is 0 Å². The molecule has 0 unspecified atom stereocenters. The molecule has 1 aliphatic rings. The summed E-state index contributed by atoms with van der Waals surface area (Å²) in [5.41, 5.74) is 2.33. The Labute approximate surface area is 175 Å². The third kappa shape index (κ3) is 4.05. The number of methoxy groups -OCH3 is 1. The van der Waals surface area contributed by atoms with Gasteiger partial charge in [0.1, 0.15) is 5.52 Å². The molecule has 0 atom stereocenters. The van der Waals surface area contributed by atoms with Crippen LogP contribution in [0.1, 0.15) is 39.2 Å². The first kappa shape index (κ1) is 20.1. The van der Waals surface area contributed by atoms with Crippen molar-refractivity contribution >= 4 is 22.9 Å². The first-order chi connectivity index (χ1) is 14.6. The van der Waals surface area contributed by atoms with Crippen molar-refractivity contribution < 1.29 is 9.53 Å². The molecule has 158 valence electrons. The van der Waals surface area contributed by atoms with Crippen LogP contribution in [0.25, 0.3) is 22.6 Å². The lowest BCUT2D eigenvalue weighted by Gasteiger charge is -2.16. The molecular formula is C21H27N7O2. The monoisotopic (exact) mass is 409 g/mol. The molecule has 0 aromatic carbocycles. The zero-order valence-corrected chi connectivity index (χ0v) is 17.6. The maximum atomic E-state index is 11.8. The minimum Gasteiger partial charge on any atom is -0.481 e. The molecule has 0 spiro atoms. The van der Waals surface area contributed by atoms with Crippen LogP contribution < -0.4 is 10.1 Å². The summed E-state index contributed by atoms with van der Waals surface area (Å²) in [6.45, 7) is 6.51. The summed E-state index contributed by atoms with van der Waals surface area (Å²) in [4.78, 5) is 32.0. The summed E-state index contributed by atoms with van der Waals surface area (Å²) in [6, 6.07) is 3.91. The van der Waals surface area contributed by atoms with Gasteiger partial charge in [0, 0.05) is 49.9 Å². The zero-order valence-electron chi connectivity index (χ0n) is 17.6. The lowest BCUT2D eigenvalue weighted by Crippen LogP contribution is -2.27. The highest BCUT2D eigenvalue weighted by Gasteiger charge is 2.19. The number of pyridine rings is 1. The number of anilines is 1. The number of carbonyl (C=O) groups excluding carboxylic acids is 1. The van der Waals surface area contributed by atoms with Gasteiger partial charge in [0.25, 0.3) is 0 Å². The normalized spacial score (nSPS) is 14.1. The Morgan fingerprint density at radius 2 is 2.10 bits per heavy atom. The molecule has 3 aromatic rings. The van der Waals surface area contributed by atoms with E-state index in [1.54, 1.807) is 25.7 Å². The molecule has 1 N–H and O–H groups in total. The molecule has 4 heterocycles. The van der Waals surface area contributed by atoms with E-state index in [0.29, 0.717) is 30.5 Å². The summed E-state index contributed by atoms with van der Waals surface area (Å²) in [5, 5.41) is 3.40. The quantitative estimate of drug-likeness (QED) is 0.571. The Balaban J connectivity index is 1.59. The number of ether oxygens (including phenoxy) is 1. The predicted molar refractivity (Wildman–Crippen MR) is 114 cm³/mol. The van der Waals surface area contributed by atoms with E-state index in [4.69, 9.17) is 14.7 Å². The molecule has 0 bridgehead atoms. The van der Waals surface area contributed by atoms with Crippen molar-refractivity contribution in [2.45, 2.75) is 39.2 Å². The Morgan fingerprint density at radius 1 is 1.23 bits per heavy atom. The van der Waals surface area contributed by atoms with Gasteiger partial charge in [-0.2, -0.15) is 0 Å². The van der Waals surface area contributed by atoms with Crippen LogP contribution in [0.3, 0.4) is 0 Å². The number of nitrogens with zero attached hydrogens (tertiary/aromatic N) is 6. The van der Waals surface area contributed by atoms with Gasteiger partial charge in [0.05, 0.1) is 13.4 Å². The number of imidazole rings is 1. The van der Waals surface area contributed by atoms with Crippen molar-refractivity contribution in [3.63, 3.8) is 0 Å². The van der Waals surface area contributed by atoms with Gasteiger partial charge < -0.3 is 19.5 Å². The van der Waals surface area contributed by atoms with Crippen LogP contribution in [-0.4, -0.2) is 62.1 Å². The number of hydrogen-bond acceptors (Lipinski definition) is 7. The molecule has 1 saturated heterocycles. The van der Waals surface area contributed by atoms with Crippen molar-refractivity contribution in [3.8, 4) is 17.3 Å². The van der Waals surface area contributed by atoms with E-state index in [2.05, 4.69) is 29.1 Å². The van der Waals surface area contributed by atoms with Crippen LogP contribution in [0, 0.1) is 0 Å². The van der Waals surface area contributed by atoms with Crippen LogP contribution >= 0.6 is 0 Å². The van der Waals surface area contributed by atoms with E-state index in [1.807, 2.05) is 15.5 Å². The highest BCUT2D eigenvalue weighted by molar-refractivity contribution is 5.85. The minimum absolute atomic E-state index is 0.223. The number of hydrogen-bond donors (Lipinski definition) is 1. The molecule has 1 aliphatic heterocycles. The number of rotatable bonds is 8. The van der Waals surface area contributed by atoms with Gasteiger partial charge in [-0.05, 0) is 32.8 Å². The third-order valence-corrected chi connectivity index (χ3v) is 5.25. The van der Waals surface area contributed by atoms with E-state index in [9.17, 15) is 4.79 Å². The van der Waals surface area contributed by atoms with Crippen molar-refractivity contribution in [2.75, 3.05) is 32.1 Å². The number of carbonyl (C=O) groups is 1. The summed E-state index contributed by atoms with van der Waals surface area (Å²) in [5.74, 6) is 2.07. The maximum Gasteiger partial charge on any atom is 0.222 e. The second kappa shape index (κ2) is 8.64. The largest absolute Gasteiger partial charge is 0.481 e. The fourth-order valence-corrected chi connectivity index (χ4v) is 3.60. The van der Waals surface area contributed by atoms with Gasteiger partial charge in [-0.1, -0.05) is 0 Å². The number of aromatic nitrogens is 5. The third-order valence-electron chi connectivity index (χ3n) is 5.25. The number of fused-ring (bicyclic) bond motifs is 1. The lowest BCUT2D eigenvalue weighted by atomic mass is 10.2. The topological polar surface area (TPSA) is 98.1 Å². The van der Waals surface area contributed by atoms with E-state index >= 15 is 0 Å². The van der Waals surface area contributed by atoms with E-state index in [1.165, 1.54) is 0 Å². The predicted octanol–water partition coefficient (Wildman–Crippen LogP) is 2.90. The van der Waals surface area contributed by atoms with Crippen LogP contribution in [0.15, 0.2) is 24.7 Å². The molecule has 3 aromatic heterocycles. The van der Waals surface area contributed by atoms with Crippen LogP contribution in [0.5, 0.6) is 5.88 Å². The summed E-state index contributed by atoms with van der Waals surface area (Å²) >= 11 is 0. The fourth-order valence-electron chi connectivity index (χ4n) is 3.60. The maximum absolute atomic E-state index is 11.8. The Bertz CT molecular complexity index is 1030. The first-order valence-electron chi connectivity index (χ1n) is 10.3. The van der Waals surface area contributed by atoms with Gasteiger partial charge in [-0.25, -0.2) is 19.9 Å². The van der Waals surface area contributed by atoms with Crippen molar-refractivity contribution in [2.24, 2.45) is 0 Å². The van der Waals surface area contributed by atoms with Gasteiger partial charge in [-0.15, -0.1) is 0 Å². The van der Waals surface area contributed by atoms with Gasteiger partial charge >= 0.3 is 0 Å². The molecule has 0 radical (unpaired) electrons. The van der Waals surface area contributed by atoms with Gasteiger partial charge in [-0.3, -0.25) is 4.79 Å². The van der Waals surface area contributed by atoms with Gasteiger partial charge in [0.15, 0.2) is 17.3 Å². The SMILES string of the molecule is COc1ccc(-c2nc(NCCCN3CCCC3=O)c3ncn(C(C)C)c3n2)cn1. The molecule has 0 aliphatic carbocycles. The minimum atomic E-state index is 0.223. The zero-order chi connectivity index (χ0) is 21.1. The van der Waals surface area contributed by atoms with Crippen LogP contribution in [0.2, 0.25) is 0 Å². The molecule has 1 fully saturated rings. The average Bonchev–Trinajstić information content (AvgIpc) is 3.37. The summed E-state index contributed by atoms with van der Waals surface area (Å²) < 4.78 is 7.18. The smallest absolute Gasteiger partial charge is 0.222 e.